The van der Waals surface area contributed by atoms with Gasteiger partial charge in [-0.1, -0.05) is 42.8 Å². The number of carbonyl (C=O) groups is 1. The highest BCUT2D eigenvalue weighted by molar-refractivity contribution is 6.10. The Kier molecular flexibility index (Phi) is 6.57. The maximum absolute atomic E-state index is 12.5. The van der Waals surface area contributed by atoms with Crippen LogP contribution >= 0.6 is 0 Å². The molecular weight excluding hydrogens is 324 g/mol. The van der Waals surface area contributed by atoms with Gasteiger partial charge in [0.05, 0.1) is 6.10 Å². The topological polar surface area (TPSA) is 62.1 Å². The fourth-order valence-corrected chi connectivity index (χ4v) is 2.45. The monoisotopic (exact) mass is 348 g/mol. The zero-order chi connectivity index (χ0) is 19.1. The first-order valence-electron chi connectivity index (χ1n) is 8.70. The van der Waals surface area contributed by atoms with Crippen molar-refractivity contribution in [2.24, 2.45) is 0 Å². The number of nitriles is 1. The standard InChI is InChI=1S/C22H24N2O2/c1-5-17(4)26-21-9-7-6-8-18(21)13-19(14-23)22(25)24-20-11-10-15(2)12-16(20)3/h6-13,17H,5H2,1-4H3,(H,24,25)/b19-13+/t17-/m0/s1. The Morgan fingerprint density at radius 2 is 2.00 bits per heavy atom. The molecule has 0 aliphatic carbocycles. The lowest BCUT2D eigenvalue weighted by atomic mass is 10.1. The minimum Gasteiger partial charge on any atom is -0.490 e. The molecule has 4 heteroatoms. The third-order valence-electron chi connectivity index (χ3n) is 4.12. The molecule has 0 spiro atoms. The summed E-state index contributed by atoms with van der Waals surface area (Å²) in [4.78, 5) is 12.5. The van der Waals surface area contributed by atoms with Crippen molar-refractivity contribution < 1.29 is 9.53 Å². The molecule has 134 valence electrons. The number of para-hydroxylation sites is 1. The van der Waals surface area contributed by atoms with Crippen LogP contribution in [-0.4, -0.2) is 12.0 Å². The number of hydrogen-bond acceptors (Lipinski definition) is 3. The van der Waals surface area contributed by atoms with Crippen molar-refractivity contribution in [2.45, 2.75) is 40.2 Å². The van der Waals surface area contributed by atoms with E-state index in [1.165, 1.54) is 0 Å². The number of nitrogens with one attached hydrogen (secondary N) is 1. The highest BCUT2D eigenvalue weighted by Crippen LogP contribution is 2.23. The van der Waals surface area contributed by atoms with Gasteiger partial charge in [0, 0.05) is 11.3 Å². The summed E-state index contributed by atoms with van der Waals surface area (Å²) >= 11 is 0. The molecule has 1 amide bonds. The molecule has 0 bridgehead atoms. The first kappa shape index (κ1) is 19.3. The normalized spacial score (nSPS) is 12.2. The van der Waals surface area contributed by atoms with Gasteiger partial charge in [0.15, 0.2) is 0 Å². The number of nitrogens with zero attached hydrogens (tertiary/aromatic N) is 1. The molecule has 0 aromatic heterocycles. The third-order valence-corrected chi connectivity index (χ3v) is 4.12. The Balaban J connectivity index is 2.27. The summed E-state index contributed by atoms with van der Waals surface area (Å²) in [5.74, 6) is 0.228. The van der Waals surface area contributed by atoms with Gasteiger partial charge < -0.3 is 10.1 Å². The molecule has 0 unspecified atom stereocenters. The molecular formula is C22H24N2O2. The van der Waals surface area contributed by atoms with Crippen molar-refractivity contribution in [1.82, 2.24) is 0 Å². The predicted molar refractivity (Wildman–Crippen MR) is 105 cm³/mol. The SMILES string of the molecule is CC[C@H](C)Oc1ccccc1/C=C(\C#N)C(=O)Nc1ccc(C)cc1C. The summed E-state index contributed by atoms with van der Waals surface area (Å²) in [6, 6.07) is 15.1. The van der Waals surface area contributed by atoms with Gasteiger partial charge in [0.1, 0.15) is 17.4 Å². The second kappa shape index (κ2) is 8.87. The molecule has 0 fully saturated rings. The first-order chi connectivity index (χ1) is 12.4. The number of hydrogen-bond donors (Lipinski definition) is 1. The average Bonchev–Trinajstić information content (AvgIpc) is 2.63. The van der Waals surface area contributed by atoms with E-state index in [-0.39, 0.29) is 11.7 Å². The van der Waals surface area contributed by atoms with Crippen molar-refractivity contribution in [3.8, 4) is 11.8 Å². The fraction of sp³-hybridized carbons (Fsp3) is 0.273. The molecule has 26 heavy (non-hydrogen) atoms. The number of carbonyl (C=O) groups excluding carboxylic acids is 1. The Morgan fingerprint density at radius 1 is 1.27 bits per heavy atom. The highest BCUT2D eigenvalue weighted by Gasteiger charge is 2.13. The van der Waals surface area contributed by atoms with Gasteiger partial charge in [-0.3, -0.25) is 4.79 Å². The van der Waals surface area contributed by atoms with E-state index >= 15 is 0 Å². The van der Waals surface area contributed by atoms with Crippen LogP contribution in [0.15, 0.2) is 48.0 Å². The van der Waals surface area contributed by atoms with E-state index in [1.807, 2.05) is 76.2 Å². The Hall–Kier alpha value is -3.06. The Morgan fingerprint density at radius 3 is 2.65 bits per heavy atom. The van der Waals surface area contributed by atoms with Gasteiger partial charge in [0.2, 0.25) is 0 Å². The summed E-state index contributed by atoms with van der Waals surface area (Å²) in [7, 11) is 0. The van der Waals surface area contributed by atoms with Crippen LogP contribution in [0.3, 0.4) is 0 Å². The zero-order valence-corrected chi connectivity index (χ0v) is 15.7. The quantitative estimate of drug-likeness (QED) is 0.588. The first-order valence-corrected chi connectivity index (χ1v) is 8.70. The highest BCUT2D eigenvalue weighted by atomic mass is 16.5. The maximum atomic E-state index is 12.5. The van der Waals surface area contributed by atoms with Crippen molar-refractivity contribution in [2.75, 3.05) is 5.32 Å². The second-order valence-corrected chi connectivity index (χ2v) is 6.32. The Labute approximate surface area is 155 Å². The van der Waals surface area contributed by atoms with Gasteiger partial charge in [0.25, 0.3) is 5.91 Å². The summed E-state index contributed by atoms with van der Waals surface area (Å²) in [6.45, 7) is 7.95. The fourth-order valence-electron chi connectivity index (χ4n) is 2.45. The summed E-state index contributed by atoms with van der Waals surface area (Å²) in [5.41, 5.74) is 3.51. The summed E-state index contributed by atoms with van der Waals surface area (Å²) < 4.78 is 5.88. The van der Waals surface area contributed by atoms with Gasteiger partial charge in [-0.25, -0.2) is 0 Å². The van der Waals surface area contributed by atoms with Gasteiger partial charge in [-0.2, -0.15) is 5.26 Å². The van der Waals surface area contributed by atoms with Crippen molar-refractivity contribution in [3.05, 3.63) is 64.7 Å². The molecule has 0 aliphatic rings. The molecule has 2 aromatic rings. The Bertz CT molecular complexity index is 863. The van der Waals surface area contributed by atoms with E-state index in [1.54, 1.807) is 6.08 Å². The number of aryl methyl sites for hydroxylation is 2. The van der Waals surface area contributed by atoms with E-state index < -0.39 is 5.91 Å². The van der Waals surface area contributed by atoms with E-state index in [0.29, 0.717) is 17.0 Å². The summed E-state index contributed by atoms with van der Waals surface area (Å²) in [5, 5.41) is 12.3. The van der Waals surface area contributed by atoms with Crippen LogP contribution in [0.4, 0.5) is 5.69 Å². The third kappa shape index (κ3) is 4.97. The molecule has 0 radical (unpaired) electrons. The largest absolute Gasteiger partial charge is 0.490 e. The number of ether oxygens (including phenoxy) is 1. The lowest BCUT2D eigenvalue weighted by molar-refractivity contribution is -0.112. The van der Waals surface area contributed by atoms with Crippen LogP contribution in [0.5, 0.6) is 5.75 Å². The molecule has 0 saturated heterocycles. The zero-order valence-electron chi connectivity index (χ0n) is 15.7. The van der Waals surface area contributed by atoms with Crippen LogP contribution in [0.2, 0.25) is 0 Å². The van der Waals surface area contributed by atoms with Gasteiger partial charge in [-0.15, -0.1) is 0 Å². The van der Waals surface area contributed by atoms with Crippen LogP contribution in [-0.2, 0) is 4.79 Å². The van der Waals surface area contributed by atoms with E-state index in [4.69, 9.17) is 4.74 Å². The second-order valence-electron chi connectivity index (χ2n) is 6.32. The molecule has 2 aromatic carbocycles. The molecule has 1 N–H and O–H groups in total. The van der Waals surface area contributed by atoms with Crippen LogP contribution in [0.1, 0.15) is 37.0 Å². The molecule has 0 heterocycles. The van der Waals surface area contributed by atoms with E-state index in [2.05, 4.69) is 5.32 Å². The number of benzene rings is 2. The smallest absolute Gasteiger partial charge is 0.266 e. The van der Waals surface area contributed by atoms with Crippen LogP contribution in [0.25, 0.3) is 6.08 Å². The lowest BCUT2D eigenvalue weighted by Crippen LogP contribution is -2.14. The molecule has 4 nitrogen and oxygen atoms in total. The number of amides is 1. The lowest BCUT2D eigenvalue weighted by Gasteiger charge is -2.15. The van der Waals surface area contributed by atoms with E-state index in [0.717, 1.165) is 17.5 Å². The maximum Gasteiger partial charge on any atom is 0.266 e. The number of rotatable bonds is 6. The molecule has 1 atom stereocenters. The average molecular weight is 348 g/mol. The van der Waals surface area contributed by atoms with Gasteiger partial charge >= 0.3 is 0 Å². The van der Waals surface area contributed by atoms with E-state index in [9.17, 15) is 10.1 Å². The number of anilines is 1. The predicted octanol–water partition coefficient (Wildman–Crippen LogP) is 5.03. The van der Waals surface area contributed by atoms with Crippen LogP contribution in [0, 0.1) is 25.2 Å². The van der Waals surface area contributed by atoms with Crippen molar-refractivity contribution in [3.63, 3.8) is 0 Å². The minimum absolute atomic E-state index is 0.0326. The molecule has 0 aliphatic heterocycles. The summed E-state index contributed by atoms with van der Waals surface area (Å²) in [6.07, 6.45) is 2.49. The van der Waals surface area contributed by atoms with Crippen molar-refractivity contribution >= 4 is 17.7 Å². The van der Waals surface area contributed by atoms with Crippen molar-refractivity contribution in [1.29, 1.82) is 5.26 Å². The molecule has 0 saturated carbocycles. The van der Waals surface area contributed by atoms with Gasteiger partial charge in [-0.05, 0) is 51.0 Å². The molecule has 2 rings (SSSR count). The van der Waals surface area contributed by atoms with Crippen LogP contribution < -0.4 is 10.1 Å². The minimum atomic E-state index is -0.433.